The molecule has 0 atom stereocenters. The highest BCUT2D eigenvalue weighted by molar-refractivity contribution is 5.67. The molecule has 2 N–H and O–H groups in total. The Kier molecular flexibility index (Phi) is 3.36. The van der Waals surface area contributed by atoms with Crippen LogP contribution in [-0.2, 0) is 6.54 Å². The first-order valence-electron chi connectivity index (χ1n) is 5.47. The van der Waals surface area contributed by atoms with Crippen molar-refractivity contribution >= 4 is 11.2 Å². The molecule has 0 aliphatic carbocycles. The summed E-state index contributed by atoms with van der Waals surface area (Å²) in [7, 11) is 0. The Morgan fingerprint density at radius 1 is 1.38 bits per heavy atom. The van der Waals surface area contributed by atoms with Crippen LogP contribution in [0.2, 0.25) is 0 Å². The highest BCUT2D eigenvalue weighted by Gasteiger charge is 2.08. The second-order valence-electron chi connectivity index (χ2n) is 3.69. The summed E-state index contributed by atoms with van der Waals surface area (Å²) in [6.07, 6.45) is 4.58. The van der Waals surface area contributed by atoms with Crippen LogP contribution in [0.5, 0.6) is 0 Å². The molecule has 0 aromatic carbocycles. The summed E-state index contributed by atoms with van der Waals surface area (Å²) in [5, 5.41) is 0. The van der Waals surface area contributed by atoms with E-state index in [-0.39, 0.29) is 5.76 Å². The molecular weight excluding hydrogens is 206 g/mol. The van der Waals surface area contributed by atoms with Gasteiger partial charge in [-0.15, -0.1) is 0 Å². The van der Waals surface area contributed by atoms with Gasteiger partial charge >= 0.3 is 5.76 Å². The molecule has 0 aliphatic heterocycles. The lowest BCUT2D eigenvalue weighted by molar-refractivity contribution is 0.489. The largest absolute Gasteiger partial charge is 0.421 e. The number of hydrogen-bond acceptors (Lipinski definition) is 4. The number of aromatic nitrogens is 2. The van der Waals surface area contributed by atoms with Crippen LogP contribution in [0.25, 0.3) is 11.2 Å². The number of nitrogens with two attached hydrogens (primary N) is 1. The van der Waals surface area contributed by atoms with Crippen molar-refractivity contribution in [1.29, 1.82) is 0 Å². The van der Waals surface area contributed by atoms with Gasteiger partial charge in [0.05, 0.1) is 0 Å². The van der Waals surface area contributed by atoms with E-state index in [1.165, 1.54) is 0 Å². The number of oxazole rings is 1. The molecule has 0 fully saturated rings. The molecule has 5 heteroatoms. The first kappa shape index (κ1) is 10.9. The Bertz CT molecular complexity index is 515. The van der Waals surface area contributed by atoms with E-state index in [1.54, 1.807) is 22.9 Å². The lowest BCUT2D eigenvalue weighted by Gasteiger charge is -2.00. The van der Waals surface area contributed by atoms with Gasteiger partial charge in [0.2, 0.25) is 0 Å². The van der Waals surface area contributed by atoms with Crippen molar-refractivity contribution in [2.75, 3.05) is 6.54 Å². The average molecular weight is 221 g/mol. The summed E-state index contributed by atoms with van der Waals surface area (Å²) < 4.78 is 6.65. The molecule has 2 heterocycles. The van der Waals surface area contributed by atoms with E-state index in [0.717, 1.165) is 19.3 Å². The Hall–Kier alpha value is -1.62. The van der Waals surface area contributed by atoms with Crippen LogP contribution in [0.3, 0.4) is 0 Å². The summed E-state index contributed by atoms with van der Waals surface area (Å²) in [6, 6.07) is 3.50. The quantitative estimate of drug-likeness (QED) is 0.768. The van der Waals surface area contributed by atoms with Crippen LogP contribution in [0.1, 0.15) is 19.3 Å². The molecule has 2 rings (SSSR count). The van der Waals surface area contributed by atoms with Gasteiger partial charge in [-0.05, 0) is 31.5 Å². The average Bonchev–Trinajstić information content (AvgIpc) is 2.61. The first-order chi connectivity index (χ1) is 7.83. The van der Waals surface area contributed by atoms with Gasteiger partial charge in [0.25, 0.3) is 0 Å². The van der Waals surface area contributed by atoms with E-state index in [4.69, 9.17) is 10.2 Å². The molecule has 0 unspecified atom stereocenters. The number of nitrogens with zero attached hydrogens (tertiary/aromatic N) is 2. The minimum Gasteiger partial charge on any atom is -0.406 e. The summed E-state index contributed by atoms with van der Waals surface area (Å²) in [4.78, 5) is 15.7. The van der Waals surface area contributed by atoms with Crippen LogP contribution < -0.4 is 11.5 Å². The van der Waals surface area contributed by atoms with Gasteiger partial charge in [-0.1, -0.05) is 6.42 Å². The summed E-state index contributed by atoms with van der Waals surface area (Å²) in [5.74, 6) is -0.332. The number of fused-ring (bicyclic) bond motifs is 1. The molecule has 0 radical (unpaired) electrons. The van der Waals surface area contributed by atoms with Gasteiger partial charge in [0.15, 0.2) is 11.2 Å². The molecular formula is C11H15N3O2. The molecule has 2 aromatic heterocycles. The van der Waals surface area contributed by atoms with Crippen molar-refractivity contribution in [1.82, 2.24) is 9.55 Å². The third-order valence-electron chi connectivity index (χ3n) is 2.51. The van der Waals surface area contributed by atoms with Crippen LogP contribution in [-0.4, -0.2) is 16.1 Å². The van der Waals surface area contributed by atoms with Gasteiger partial charge in [-0.3, -0.25) is 4.57 Å². The summed E-state index contributed by atoms with van der Waals surface area (Å²) >= 11 is 0. The van der Waals surface area contributed by atoms with Crippen LogP contribution in [0.4, 0.5) is 0 Å². The maximum absolute atomic E-state index is 11.5. The van der Waals surface area contributed by atoms with Gasteiger partial charge in [-0.25, -0.2) is 9.78 Å². The molecule has 0 saturated heterocycles. The Morgan fingerprint density at radius 3 is 3.06 bits per heavy atom. The fourth-order valence-electron chi connectivity index (χ4n) is 1.69. The second kappa shape index (κ2) is 4.94. The maximum atomic E-state index is 11.5. The van der Waals surface area contributed by atoms with Crippen LogP contribution in [0, 0.1) is 0 Å². The molecule has 0 aliphatic rings. The molecule has 0 saturated carbocycles. The number of hydrogen-bond donors (Lipinski definition) is 1. The molecule has 0 spiro atoms. The van der Waals surface area contributed by atoms with Crippen molar-refractivity contribution in [3.63, 3.8) is 0 Å². The highest BCUT2D eigenvalue weighted by Crippen LogP contribution is 2.09. The lowest BCUT2D eigenvalue weighted by Crippen LogP contribution is -2.14. The van der Waals surface area contributed by atoms with E-state index >= 15 is 0 Å². The molecule has 0 bridgehead atoms. The molecule has 86 valence electrons. The Balaban J connectivity index is 2.16. The zero-order valence-corrected chi connectivity index (χ0v) is 9.06. The van der Waals surface area contributed by atoms with Crippen molar-refractivity contribution < 1.29 is 4.42 Å². The normalized spacial score (nSPS) is 11.1. The zero-order valence-electron chi connectivity index (χ0n) is 9.06. The van der Waals surface area contributed by atoms with E-state index in [2.05, 4.69) is 4.98 Å². The van der Waals surface area contributed by atoms with Crippen LogP contribution in [0.15, 0.2) is 27.5 Å². The number of aryl methyl sites for hydroxylation is 1. The van der Waals surface area contributed by atoms with Crippen molar-refractivity contribution in [3.05, 3.63) is 28.9 Å². The molecule has 0 amide bonds. The maximum Gasteiger partial charge on any atom is 0.421 e. The van der Waals surface area contributed by atoms with E-state index in [0.29, 0.717) is 24.3 Å². The third kappa shape index (κ3) is 2.14. The third-order valence-corrected chi connectivity index (χ3v) is 2.51. The molecule has 16 heavy (non-hydrogen) atoms. The smallest absolute Gasteiger partial charge is 0.406 e. The fourth-order valence-corrected chi connectivity index (χ4v) is 1.69. The minimum atomic E-state index is -0.332. The predicted octanol–water partition coefficient (Wildman–Crippen LogP) is 1.12. The summed E-state index contributed by atoms with van der Waals surface area (Å²) in [5.41, 5.74) is 6.58. The minimum absolute atomic E-state index is 0.332. The Morgan fingerprint density at radius 2 is 2.25 bits per heavy atom. The zero-order chi connectivity index (χ0) is 11.4. The van der Waals surface area contributed by atoms with Crippen molar-refractivity contribution in [3.8, 4) is 0 Å². The standard InChI is InChI=1S/C11H15N3O2/c12-6-2-1-3-8-14-10-9(16-11(14)15)5-4-7-13-10/h4-5,7H,1-3,6,8,12H2. The monoisotopic (exact) mass is 221 g/mol. The number of rotatable bonds is 5. The predicted molar refractivity (Wildman–Crippen MR) is 61.2 cm³/mol. The van der Waals surface area contributed by atoms with Gasteiger partial charge in [-0.2, -0.15) is 0 Å². The lowest BCUT2D eigenvalue weighted by atomic mass is 10.2. The van der Waals surface area contributed by atoms with E-state index in [1.807, 2.05) is 0 Å². The topological polar surface area (TPSA) is 74.0 Å². The SMILES string of the molecule is NCCCCCn1c(=O)oc2cccnc21. The molecule has 2 aromatic rings. The first-order valence-corrected chi connectivity index (χ1v) is 5.47. The van der Waals surface area contributed by atoms with Crippen molar-refractivity contribution in [2.24, 2.45) is 5.73 Å². The highest BCUT2D eigenvalue weighted by atomic mass is 16.4. The van der Waals surface area contributed by atoms with Gasteiger partial charge in [0.1, 0.15) is 0 Å². The number of pyridine rings is 1. The van der Waals surface area contributed by atoms with Gasteiger partial charge < -0.3 is 10.2 Å². The van der Waals surface area contributed by atoms with Gasteiger partial charge in [0, 0.05) is 12.7 Å². The fraction of sp³-hybridized carbons (Fsp3) is 0.455. The Labute approximate surface area is 92.9 Å². The van der Waals surface area contributed by atoms with E-state index < -0.39 is 0 Å². The van der Waals surface area contributed by atoms with Crippen molar-refractivity contribution in [2.45, 2.75) is 25.8 Å². The second-order valence-corrected chi connectivity index (χ2v) is 3.69. The number of unbranched alkanes of at least 4 members (excludes halogenated alkanes) is 2. The summed E-state index contributed by atoms with van der Waals surface area (Å²) in [6.45, 7) is 1.34. The van der Waals surface area contributed by atoms with E-state index in [9.17, 15) is 4.79 Å². The van der Waals surface area contributed by atoms with Crippen LogP contribution >= 0.6 is 0 Å². The molecule has 5 nitrogen and oxygen atoms in total.